The molecule has 3 N–H and O–H groups in total. The van der Waals surface area contributed by atoms with Gasteiger partial charge in [0.05, 0.1) is 18.9 Å². The Morgan fingerprint density at radius 1 is 0.972 bits per heavy atom. The molecule has 3 aliphatic heterocycles. The summed E-state index contributed by atoms with van der Waals surface area (Å²) in [5, 5.41) is 3.06. The van der Waals surface area contributed by atoms with Crippen LogP contribution in [0.3, 0.4) is 0 Å². The molecule has 0 radical (unpaired) electrons. The lowest BCUT2D eigenvalue weighted by Crippen LogP contribution is -2.36. The molecule has 0 saturated carbocycles. The number of hydrogen-bond acceptors (Lipinski definition) is 10. The van der Waals surface area contributed by atoms with Crippen LogP contribution in [0.25, 0.3) is 11.2 Å². The Labute approximate surface area is 209 Å². The van der Waals surface area contributed by atoms with Gasteiger partial charge in [-0.1, -0.05) is 6.07 Å². The zero-order chi connectivity index (χ0) is 24.5. The van der Waals surface area contributed by atoms with Crippen LogP contribution in [-0.2, 0) is 4.74 Å². The number of carbonyl (C=O) groups is 1. The Hall–Kier alpha value is -3.44. The lowest BCUT2D eigenvalue weighted by molar-refractivity contribution is 0.102. The Bertz CT molecular complexity index is 1240. The van der Waals surface area contributed by atoms with Gasteiger partial charge in [0.1, 0.15) is 11.5 Å². The van der Waals surface area contributed by atoms with Crippen molar-refractivity contribution < 1.29 is 13.9 Å². The number of hydrogen-bond donors (Lipinski definition) is 2. The monoisotopic (exact) mass is 492 g/mol. The summed E-state index contributed by atoms with van der Waals surface area (Å²) in [7, 11) is 0. The van der Waals surface area contributed by atoms with E-state index in [0.29, 0.717) is 41.8 Å². The number of amides is 1. The average Bonchev–Trinajstić information content (AvgIpc) is 3.55. The van der Waals surface area contributed by atoms with Crippen molar-refractivity contribution in [1.29, 1.82) is 0 Å². The molecule has 1 amide bonds. The standard InChI is InChI=1S/C25H32N8O3/c26-17-7-10-33(16-17)21-6-4-5-18(27-21)24(34)28-19-15-20-22(29-23(19)31-8-2-1-3-9-31)30-25(36-20)32-11-13-35-14-12-32/h4-6,15,17H,1-3,7-14,16,26H2,(H,28,34). The first-order valence-corrected chi connectivity index (χ1v) is 12.8. The Morgan fingerprint density at radius 2 is 1.81 bits per heavy atom. The number of anilines is 4. The van der Waals surface area contributed by atoms with Crippen molar-refractivity contribution >= 4 is 40.5 Å². The van der Waals surface area contributed by atoms with Crippen LogP contribution in [0.4, 0.5) is 23.3 Å². The first kappa shape index (κ1) is 23.0. The highest BCUT2D eigenvalue weighted by Crippen LogP contribution is 2.32. The summed E-state index contributed by atoms with van der Waals surface area (Å²) in [4.78, 5) is 33.9. The maximum Gasteiger partial charge on any atom is 0.300 e. The van der Waals surface area contributed by atoms with Gasteiger partial charge in [-0.2, -0.15) is 4.98 Å². The SMILES string of the molecule is NC1CCN(c2cccc(C(=O)Nc3cc4oc(N5CCOCC5)nc4nc3N3CCCCC3)n2)C1. The number of fused-ring (bicyclic) bond motifs is 1. The number of piperidine rings is 1. The molecule has 0 spiro atoms. The highest BCUT2D eigenvalue weighted by Gasteiger charge is 2.25. The molecule has 1 atom stereocenters. The van der Waals surface area contributed by atoms with Gasteiger partial charge in [0.25, 0.3) is 11.9 Å². The smallest absolute Gasteiger partial charge is 0.300 e. The lowest BCUT2D eigenvalue weighted by atomic mass is 10.1. The van der Waals surface area contributed by atoms with Crippen LogP contribution >= 0.6 is 0 Å². The summed E-state index contributed by atoms with van der Waals surface area (Å²) in [6.07, 6.45) is 4.30. The van der Waals surface area contributed by atoms with Gasteiger partial charge in [0, 0.05) is 51.4 Å². The molecular weight excluding hydrogens is 460 g/mol. The lowest BCUT2D eigenvalue weighted by Gasteiger charge is -2.29. The summed E-state index contributed by atoms with van der Waals surface area (Å²) in [5.74, 6) is 1.21. The molecule has 0 aromatic carbocycles. The number of morpholine rings is 1. The van der Waals surface area contributed by atoms with Gasteiger partial charge in [-0.05, 0) is 37.8 Å². The zero-order valence-corrected chi connectivity index (χ0v) is 20.4. The van der Waals surface area contributed by atoms with E-state index in [9.17, 15) is 4.79 Å². The van der Waals surface area contributed by atoms with Crippen LogP contribution in [0.15, 0.2) is 28.7 Å². The second-order valence-electron chi connectivity index (χ2n) is 9.65. The van der Waals surface area contributed by atoms with E-state index >= 15 is 0 Å². The topological polar surface area (TPSA) is 126 Å². The molecular formula is C25H32N8O3. The fraction of sp³-hybridized carbons (Fsp3) is 0.520. The maximum absolute atomic E-state index is 13.3. The van der Waals surface area contributed by atoms with Gasteiger partial charge in [0.2, 0.25) is 5.65 Å². The minimum absolute atomic E-state index is 0.137. The van der Waals surface area contributed by atoms with Crippen LogP contribution in [0.2, 0.25) is 0 Å². The minimum atomic E-state index is -0.285. The number of ether oxygens (including phenoxy) is 1. The van der Waals surface area contributed by atoms with Crippen LogP contribution in [-0.4, -0.2) is 79.4 Å². The van der Waals surface area contributed by atoms with E-state index in [-0.39, 0.29) is 11.9 Å². The van der Waals surface area contributed by atoms with Crippen molar-refractivity contribution in [2.24, 2.45) is 5.73 Å². The molecule has 3 saturated heterocycles. The summed E-state index contributed by atoms with van der Waals surface area (Å²) in [6.45, 7) is 6.09. The van der Waals surface area contributed by atoms with Gasteiger partial charge in [0.15, 0.2) is 11.4 Å². The van der Waals surface area contributed by atoms with Crippen LogP contribution in [0, 0.1) is 0 Å². The number of carbonyl (C=O) groups excluding carboxylic acids is 1. The number of oxazole rings is 1. The van der Waals surface area contributed by atoms with Crippen molar-refractivity contribution in [3.8, 4) is 0 Å². The molecule has 3 fully saturated rings. The Balaban J connectivity index is 1.30. The first-order valence-electron chi connectivity index (χ1n) is 12.8. The number of nitrogens with two attached hydrogens (primary N) is 1. The average molecular weight is 493 g/mol. The largest absolute Gasteiger partial charge is 0.422 e. The fourth-order valence-electron chi connectivity index (χ4n) is 5.08. The van der Waals surface area contributed by atoms with E-state index in [1.54, 1.807) is 6.07 Å². The summed E-state index contributed by atoms with van der Waals surface area (Å²) in [5.41, 5.74) is 8.10. The van der Waals surface area contributed by atoms with Crippen LogP contribution in [0.1, 0.15) is 36.2 Å². The zero-order valence-electron chi connectivity index (χ0n) is 20.4. The molecule has 3 aromatic heterocycles. The maximum atomic E-state index is 13.3. The molecule has 3 aromatic rings. The highest BCUT2D eigenvalue weighted by atomic mass is 16.5. The Morgan fingerprint density at radius 3 is 2.58 bits per heavy atom. The normalized spacial score (nSPS) is 20.8. The number of nitrogens with zero attached hydrogens (tertiary/aromatic N) is 6. The van der Waals surface area contributed by atoms with E-state index in [0.717, 1.165) is 70.2 Å². The third-order valence-corrected chi connectivity index (χ3v) is 7.05. The minimum Gasteiger partial charge on any atom is -0.422 e. The van der Waals surface area contributed by atoms with E-state index < -0.39 is 0 Å². The van der Waals surface area contributed by atoms with Crippen molar-refractivity contribution in [2.45, 2.75) is 31.7 Å². The molecule has 1 unspecified atom stereocenters. The van der Waals surface area contributed by atoms with Crippen molar-refractivity contribution in [1.82, 2.24) is 15.0 Å². The van der Waals surface area contributed by atoms with Crippen LogP contribution in [0.5, 0.6) is 0 Å². The van der Waals surface area contributed by atoms with Gasteiger partial charge < -0.3 is 34.9 Å². The third-order valence-electron chi connectivity index (χ3n) is 7.05. The number of aromatic nitrogens is 3. The molecule has 36 heavy (non-hydrogen) atoms. The summed E-state index contributed by atoms with van der Waals surface area (Å²) >= 11 is 0. The molecule has 11 heteroatoms. The molecule has 6 heterocycles. The first-order chi connectivity index (χ1) is 17.6. The molecule has 3 aliphatic rings. The van der Waals surface area contributed by atoms with Gasteiger partial charge in [-0.15, -0.1) is 0 Å². The van der Waals surface area contributed by atoms with Crippen molar-refractivity contribution in [2.75, 3.05) is 72.5 Å². The van der Waals surface area contributed by atoms with E-state index in [1.807, 2.05) is 18.2 Å². The predicted molar refractivity (Wildman–Crippen MR) is 138 cm³/mol. The van der Waals surface area contributed by atoms with Crippen LogP contribution < -0.4 is 25.8 Å². The number of nitrogens with one attached hydrogen (secondary N) is 1. The summed E-state index contributed by atoms with van der Waals surface area (Å²) < 4.78 is 11.5. The van der Waals surface area contributed by atoms with Crippen molar-refractivity contribution in [3.63, 3.8) is 0 Å². The second kappa shape index (κ2) is 9.90. The predicted octanol–water partition coefficient (Wildman–Crippen LogP) is 2.23. The quantitative estimate of drug-likeness (QED) is 0.547. The van der Waals surface area contributed by atoms with Gasteiger partial charge >= 0.3 is 0 Å². The molecule has 0 bridgehead atoms. The molecule has 11 nitrogen and oxygen atoms in total. The van der Waals surface area contributed by atoms with E-state index in [4.69, 9.17) is 19.9 Å². The fourth-order valence-corrected chi connectivity index (χ4v) is 5.08. The highest BCUT2D eigenvalue weighted by molar-refractivity contribution is 6.05. The number of pyridine rings is 2. The van der Waals surface area contributed by atoms with E-state index in [2.05, 4.69) is 30.0 Å². The molecule has 6 rings (SSSR count). The van der Waals surface area contributed by atoms with Gasteiger partial charge in [-0.3, -0.25) is 4.79 Å². The van der Waals surface area contributed by atoms with Crippen molar-refractivity contribution in [3.05, 3.63) is 30.0 Å². The molecule has 190 valence electrons. The Kier molecular flexibility index (Phi) is 6.32. The second-order valence-corrected chi connectivity index (χ2v) is 9.65. The number of rotatable bonds is 5. The molecule has 0 aliphatic carbocycles. The third kappa shape index (κ3) is 4.68. The summed E-state index contributed by atoms with van der Waals surface area (Å²) in [6, 6.07) is 8.02. The van der Waals surface area contributed by atoms with E-state index in [1.165, 1.54) is 6.42 Å². The van der Waals surface area contributed by atoms with Gasteiger partial charge in [-0.25, -0.2) is 9.97 Å².